The van der Waals surface area contributed by atoms with Gasteiger partial charge in [0.1, 0.15) is 0 Å². The standard InChI is InChI=1S/C21H26ClN3S/c1-15-19(22)11-6-12-20(15)24-21(26)25(18-9-4-3-5-10-18)16(2)17-8-7-13-23-14-17/h6-8,11-14,16,18H,3-5,9-10H2,1-2H3,(H,24,26). The number of aromatic nitrogens is 1. The van der Waals surface area contributed by atoms with Crippen molar-refractivity contribution in [2.45, 2.75) is 58.0 Å². The van der Waals surface area contributed by atoms with E-state index in [-0.39, 0.29) is 6.04 Å². The molecule has 3 rings (SSSR count). The molecule has 138 valence electrons. The zero-order valence-electron chi connectivity index (χ0n) is 15.4. The Hall–Kier alpha value is -1.65. The molecular weight excluding hydrogens is 362 g/mol. The summed E-state index contributed by atoms with van der Waals surface area (Å²) in [7, 11) is 0. The predicted octanol–water partition coefficient (Wildman–Crippen LogP) is 6.14. The number of hydrogen-bond donors (Lipinski definition) is 1. The number of hydrogen-bond acceptors (Lipinski definition) is 2. The van der Waals surface area contributed by atoms with Gasteiger partial charge in [0.2, 0.25) is 0 Å². The van der Waals surface area contributed by atoms with Gasteiger partial charge in [0.25, 0.3) is 0 Å². The summed E-state index contributed by atoms with van der Waals surface area (Å²) in [6, 6.07) is 10.6. The minimum absolute atomic E-state index is 0.172. The smallest absolute Gasteiger partial charge is 0.174 e. The summed E-state index contributed by atoms with van der Waals surface area (Å²) in [5.74, 6) is 0. The molecule has 3 nitrogen and oxygen atoms in total. The first kappa shape index (κ1) is 19.1. The van der Waals surface area contributed by atoms with Crippen LogP contribution in [0.2, 0.25) is 5.02 Å². The molecule has 1 saturated carbocycles. The third-order valence-electron chi connectivity index (χ3n) is 5.30. The Balaban J connectivity index is 1.86. The molecule has 0 aliphatic heterocycles. The van der Waals surface area contributed by atoms with Gasteiger partial charge >= 0.3 is 0 Å². The second-order valence-electron chi connectivity index (χ2n) is 7.00. The van der Waals surface area contributed by atoms with Gasteiger partial charge < -0.3 is 10.2 Å². The summed E-state index contributed by atoms with van der Waals surface area (Å²) < 4.78 is 0. The third-order valence-corrected chi connectivity index (χ3v) is 6.02. The second kappa shape index (κ2) is 8.83. The monoisotopic (exact) mass is 387 g/mol. The molecule has 1 unspecified atom stereocenters. The maximum Gasteiger partial charge on any atom is 0.174 e. The number of rotatable bonds is 4. The topological polar surface area (TPSA) is 28.2 Å². The predicted molar refractivity (Wildman–Crippen MR) is 114 cm³/mol. The largest absolute Gasteiger partial charge is 0.339 e. The van der Waals surface area contributed by atoms with Crippen molar-refractivity contribution in [2.75, 3.05) is 5.32 Å². The lowest BCUT2D eigenvalue weighted by atomic mass is 9.92. The van der Waals surface area contributed by atoms with Crippen molar-refractivity contribution in [3.63, 3.8) is 0 Å². The van der Waals surface area contributed by atoms with Crippen molar-refractivity contribution in [1.29, 1.82) is 0 Å². The molecule has 0 amide bonds. The SMILES string of the molecule is Cc1c(Cl)cccc1NC(=S)N(C1CCCCC1)C(C)c1cccnc1. The molecule has 1 aromatic heterocycles. The van der Waals surface area contributed by atoms with E-state index in [9.17, 15) is 0 Å². The molecule has 1 fully saturated rings. The van der Waals surface area contributed by atoms with Crippen LogP contribution in [0, 0.1) is 6.92 Å². The van der Waals surface area contributed by atoms with E-state index in [2.05, 4.69) is 28.2 Å². The third kappa shape index (κ3) is 4.36. The summed E-state index contributed by atoms with van der Waals surface area (Å²) in [6.45, 7) is 4.23. The highest BCUT2D eigenvalue weighted by molar-refractivity contribution is 7.80. The fourth-order valence-electron chi connectivity index (χ4n) is 3.72. The zero-order chi connectivity index (χ0) is 18.5. The van der Waals surface area contributed by atoms with Crippen molar-refractivity contribution in [3.05, 3.63) is 58.9 Å². The van der Waals surface area contributed by atoms with Crippen molar-refractivity contribution in [2.24, 2.45) is 0 Å². The van der Waals surface area contributed by atoms with Gasteiger partial charge in [-0.1, -0.05) is 43.0 Å². The van der Waals surface area contributed by atoms with Crippen LogP contribution in [-0.4, -0.2) is 21.0 Å². The quantitative estimate of drug-likeness (QED) is 0.638. The lowest BCUT2D eigenvalue weighted by molar-refractivity contribution is 0.203. The number of nitrogens with zero attached hydrogens (tertiary/aromatic N) is 2. The van der Waals surface area contributed by atoms with E-state index in [0.717, 1.165) is 21.4 Å². The van der Waals surface area contributed by atoms with Crippen LogP contribution in [0.4, 0.5) is 5.69 Å². The molecule has 0 saturated heterocycles. The van der Waals surface area contributed by atoms with Crippen LogP contribution in [0.15, 0.2) is 42.7 Å². The van der Waals surface area contributed by atoms with Gasteiger partial charge in [-0.25, -0.2) is 0 Å². The normalized spacial score (nSPS) is 16.1. The minimum atomic E-state index is 0.172. The van der Waals surface area contributed by atoms with Crippen LogP contribution < -0.4 is 5.32 Å². The number of benzene rings is 1. The van der Waals surface area contributed by atoms with Crippen LogP contribution in [0.25, 0.3) is 0 Å². The molecule has 1 N–H and O–H groups in total. The fraction of sp³-hybridized carbons (Fsp3) is 0.429. The van der Waals surface area contributed by atoms with Crippen molar-refractivity contribution >= 4 is 34.6 Å². The van der Waals surface area contributed by atoms with Gasteiger partial charge in [-0.05, 0) is 68.2 Å². The Morgan fingerprint density at radius 1 is 1.23 bits per heavy atom. The highest BCUT2D eigenvalue weighted by Gasteiger charge is 2.28. The van der Waals surface area contributed by atoms with Crippen LogP contribution in [0.5, 0.6) is 0 Å². The number of halogens is 1. The van der Waals surface area contributed by atoms with E-state index in [1.54, 1.807) is 0 Å². The molecule has 0 bridgehead atoms. The molecular formula is C21H26ClN3S. The summed E-state index contributed by atoms with van der Waals surface area (Å²) in [6.07, 6.45) is 9.96. The van der Waals surface area contributed by atoms with Gasteiger partial charge in [-0.15, -0.1) is 0 Å². The number of thiocarbonyl (C=S) groups is 1. The van der Waals surface area contributed by atoms with E-state index >= 15 is 0 Å². The molecule has 1 aliphatic carbocycles. The van der Waals surface area contributed by atoms with Crippen LogP contribution >= 0.6 is 23.8 Å². The van der Waals surface area contributed by atoms with E-state index < -0.39 is 0 Å². The van der Waals surface area contributed by atoms with Crippen molar-refractivity contribution in [1.82, 2.24) is 9.88 Å². The summed E-state index contributed by atoms with van der Waals surface area (Å²) >= 11 is 12.1. The highest BCUT2D eigenvalue weighted by Crippen LogP contribution is 2.31. The van der Waals surface area contributed by atoms with Crippen LogP contribution in [0.1, 0.15) is 56.2 Å². The van der Waals surface area contributed by atoms with E-state index in [1.807, 2.05) is 43.6 Å². The first-order valence-corrected chi connectivity index (χ1v) is 10.1. The highest BCUT2D eigenvalue weighted by atomic mass is 35.5. The summed E-state index contributed by atoms with van der Waals surface area (Å²) in [5.41, 5.74) is 3.18. The van der Waals surface area contributed by atoms with Crippen molar-refractivity contribution in [3.8, 4) is 0 Å². The first-order chi connectivity index (χ1) is 12.6. The average molecular weight is 388 g/mol. The Morgan fingerprint density at radius 3 is 2.69 bits per heavy atom. The fourth-order valence-corrected chi connectivity index (χ4v) is 4.32. The minimum Gasteiger partial charge on any atom is -0.339 e. The Bertz CT molecular complexity index is 744. The number of anilines is 1. The molecule has 0 radical (unpaired) electrons. The number of nitrogens with one attached hydrogen (secondary N) is 1. The average Bonchev–Trinajstić information content (AvgIpc) is 2.67. The molecule has 1 aromatic carbocycles. The first-order valence-electron chi connectivity index (χ1n) is 9.32. The molecule has 1 atom stereocenters. The van der Waals surface area contributed by atoms with E-state index in [0.29, 0.717) is 6.04 Å². The zero-order valence-corrected chi connectivity index (χ0v) is 17.0. The van der Waals surface area contributed by atoms with Crippen LogP contribution in [-0.2, 0) is 0 Å². The van der Waals surface area contributed by atoms with E-state index in [4.69, 9.17) is 23.8 Å². The van der Waals surface area contributed by atoms with Crippen molar-refractivity contribution < 1.29 is 0 Å². The maximum absolute atomic E-state index is 6.28. The maximum atomic E-state index is 6.28. The molecule has 26 heavy (non-hydrogen) atoms. The summed E-state index contributed by atoms with van der Waals surface area (Å²) in [4.78, 5) is 6.66. The molecule has 5 heteroatoms. The molecule has 2 aromatic rings. The molecule has 1 heterocycles. The molecule has 1 aliphatic rings. The molecule has 0 spiro atoms. The second-order valence-corrected chi connectivity index (χ2v) is 7.80. The Kier molecular flexibility index (Phi) is 6.49. The Morgan fingerprint density at radius 2 is 2.00 bits per heavy atom. The van der Waals surface area contributed by atoms with Gasteiger partial charge in [-0.3, -0.25) is 4.98 Å². The lowest BCUT2D eigenvalue weighted by Gasteiger charge is -2.40. The Labute approximate surface area is 166 Å². The summed E-state index contributed by atoms with van der Waals surface area (Å²) in [5, 5.41) is 4.97. The van der Waals surface area contributed by atoms with Gasteiger partial charge in [0, 0.05) is 29.1 Å². The van der Waals surface area contributed by atoms with Crippen LogP contribution in [0.3, 0.4) is 0 Å². The van der Waals surface area contributed by atoms with E-state index in [1.165, 1.54) is 37.7 Å². The van der Waals surface area contributed by atoms with Gasteiger partial charge in [0.05, 0.1) is 6.04 Å². The lowest BCUT2D eigenvalue weighted by Crippen LogP contribution is -2.45. The van der Waals surface area contributed by atoms with Gasteiger partial charge in [0.15, 0.2) is 5.11 Å². The van der Waals surface area contributed by atoms with Gasteiger partial charge in [-0.2, -0.15) is 0 Å². The number of pyridine rings is 1.